The maximum atomic E-state index is 12.4. The minimum absolute atomic E-state index is 0.0451. The molecule has 0 bridgehead atoms. The van der Waals surface area contributed by atoms with E-state index in [0.717, 1.165) is 32.0 Å². The van der Waals surface area contributed by atoms with Crippen LogP contribution in [-0.4, -0.2) is 56.6 Å². The summed E-state index contributed by atoms with van der Waals surface area (Å²) in [6.45, 7) is 3.14. The number of halogens is 1. The second kappa shape index (κ2) is 8.88. The number of carbonyl (C=O) groups excluding carboxylic acids is 2. The predicted molar refractivity (Wildman–Crippen MR) is 107 cm³/mol. The summed E-state index contributed by atoms with van der Waals surface area (Å²) < 4.78 is 5.35. The van der Waals surface area contributed by atoms with Crippen LogP contribution < -0.4 is 10.2 Å². The highest BCUT2D eigenvalue weighted by Crippen LogP contribution is 2.19. The third-order valence-electron chi connectivity index (χ3n) is 4.33. The van der Waals surface area contributed by atoms with Crippen LogP contribution >= 0.6 is 11.6 Å². The van der Waals surface area contributed by atoms with Gasteiger partial charge in [0.15, 0.2) is 0 Å². The van der Waals surface area contributed by atoms with Gasteiger partial charge in [-0.05, 0) is 42.5 Å². The molecule has 2 amide bonds. The summed E-state index contributed by atoms with van der Waals surface area (Å²) >= 11 is 5.92. The number of likely N-dealkylation sites (N-methyl/N-ethyl adjacent to an activating group) is 1. The molecular weight excluding hydrogens is 366 g/mol. The Morgan fingerprint density at radius 2 is 1.85 bits per heavy atom. The Hall–Kier alpha value is -2.57. The normalized spacial score (nSPS) is 13.9. The van der Waals surface area contributed by atoms with Crippen molar-refractivity contribution in [1.82, 2.24) is 4.90 Å². The number of hydrogen-bond donors (Lipinski definition) is 1. The van der Waals surface area contributed by atoms with Crippen LogP contribution in [0.5, 0.6) is 0 Å². The average Bonchev–Trinajstić information content (AvgIpc) is 2.68. The van der Waals surface area contributed by atoms with Gasteiger partial charge < -0.3 is 19.9 Å². The maximum Gasteiger partial charge on any atom is 0.254 e. The van der Waals surface area contributed by atoms with Gasteiger partial charge in [0.05, 0.1) is 19.8 Å². The molecule has 0 unspecified atom stereocenters. The van der Waals surface area contributed by atoms with E-state index < -0.39 is 0 Å². The van der Waals surface area contributed by atoms with E-state index in [1.54, 1.807) is 31.3 Å². The van der Waals surface area contributed by atoms with Crippen LogP contribution in [0, 0.1) is 0 Å². The van der Waals surface area contributed by atoms with Crippen molar-refractivity contribution in [3.63, 3.8) is 0 Å². The average molecular weight is 388 g/mol. The Balaban J connectivity index is 1.54. The monoisotopic (exact) mass is 387 g/mol. The second-order valence-corrected chi connectivity index (χ2v) is 6.80. The zero-order valence-electron chi connectivity index (χ0n) is 15.2. The van der Waals surface area contributed by atoms with Crippen molar-refractivity contribution in [2.45, 2.75) is 0 Å². The predicted octanol–water partition coefficient (Wildman–Crippen LogP) is 2.89. The van der Waals surface area contributed by atoms with Crippen LogP contribution in [0.4, 0.5) is 11.4 Å². The Bertz CT molecular complexity index is 804. The van der Waals surface area contributed by atoms with Gasteiger partial charge in [0, 0.05) is 42.1 Å². The smallest absolute Gasteiger partial charge is 0.254 e. The van der Waals surface area contributed by atoms with Crippen molar-refractivity contribution in [2.75, 3.05) is 50.1 Å². The van der Waals surface area contributed by atoms with Crippen molar-refractivity contribution >= 4 is 34.8 Å². The molecule has 3 rings (SSSR count). The Labute approximate surface area is 163 Å². The van der Waals surface area contributed by atoms with Gasteiger partial charge in [-0.15, -0.1) is 0 Å². The molecule has 1 heterocycles. The third-order valence-corrected chi connectivity index (χ3v) is 4.56. The molecule has 1 N–H and O–H groups in total. The number of benzene rings is 2. The summed E-state index contributed by atoms with van der Waals surface area (Å²) in [6.07, 6.45) is 0. The molecule has 0 radical (unpaired) electrons. The molecule has 1 aliphatic heterocycles. The zero-order valence-corrected chi connectivity index (χ0v) is 15.9. The van der Waals surface area contributed by atoms with Crippen LogP contribution in [0.1, 0.15) is 10.4 Å². The summed E-state index contributed by atoms with van der Waals surface area (Å²) in [4.78, 5) is 28.2. The van der Waals surface area contributed by atoms with Crippen molar-refractivity contribution in [2.24, 2.45) is 0 Å². The lowest BCUT2D eigenvalue weighted by atomic mass is 10.2. The SMILES string of the molecule is CN(CC(=O)Nc1ccc(N2CCOCC2)cc1)C(=O)c1cccc(Cl)c1. The Morgan fingerprint density at radius 3 is 2.52 bits per heavy atom. The number of carbonyl (C=O) groups is 2. The number of nitrogens with zero attached hydrogens (tertiary/aromatic N) is 2. The number of ether oxygens (including phenoxy) is 1. The number of rotatable bonds is 5. The first kappa shape index (κ1) is 19.2. The standard InChI is InChI=1S/C20H22ClN3O3/c1-23(20(26)15-3-2-4-16(21)13-15)14-19(25)22-17-5-7-18(8-6-17)24-9-11-27-12-10-24/h2-8,13H,9-12,14H2,1H3,(H,22,25). The molecule has 7 heteroatoms. The van der Waals surface area contributed by atoms with Gasteiger partial charge >= 0.3 is 0 Å². The fraction of sp³-hybridized carbons (Fsp3) is 0.300. The first-order valence-electron chi connectivity index (χ1n) is 8.76. The van der Waals surface area contributed by atoms with Crippen LogP contribution in [0.25, 0.3) is 0 Å². The lowest BCUT2D eigenvalue weighted by molar-refractivity contribution is -0.116. The van der Waals surface area contributed by atoms with Crippen LogP contribution in [0.3, 0.4) is 0 Å². The molecule has 0 spiro atoms. The summed E-state index contributed by atoms with van der Waals surface area (Å²) in [5, 5.41) is 3.30. The van der Waals surface area contributed by atoms with Gasteiger partial charge in [-0.25, -0.2) is 0 Å². The first-order valence-corrected chi connectivity index (χ1v) is 9.14. The number of anilines is 2. The van der Waals surface area contributed by atoms with Crippen molar-refractivity contribution < 1.29 is 14.3 Å². The molecule has 2 aromatic rings. The summed E-state index contributed by atoms with van der Waals surface area (Å²) in [5.74, 6) is -0.512. The highest BCUT2D eigenvalue weighted by atomic mass is 35.5. The number of amides is 2. The summed E-state index contributed by atoms with van der Waals surface area (Å²) in [5.41, 5.74) is 2.25. The van der Waals surface area contributed by atoms with E-state index in [-0.39, 0.29) is 18.4 Å². The molecule has 1 aliphatic rings. The van der Waals surface area contributed by atoms with Gasteiger partial charge in [0.2, 0.25) is 5.91 Å². The molecule has 0 atom stereocenters. The molecule has 2 aromatic carbocycles. The van der Waals surface area contributed by atoms with E-state index in [0.29, 0.717) is 16.3 Å². The van der Waals surface area contributed by atoms with Gasteiger partial charge in [-0.1, -0.05) is 17.7 Å². The van der Waals surface area contributed by atoms with Gasteiger partial charge in [0.1, 0.15) is 0 Å². The van der Waals surface area contributed by atoms with Crippen LogP contribution in [-0.2, 0) is 9.53 Å². The highest BCUT2D eigenvalue weighted by Gasteiger charge is 2.16. The Morgan fingerprint density at radius 1 is 1.15 bits per heavy atom. The van der Waals surface area contributed by atoms with Crippen LogP contribution in [0.2, 0.25) is 5.02 Å². The summed E-state index contributed by atoms with van der Waals surface area (Å²) in [6, 6.07) is 14.3. The van der Waals surface area contributed by atoms with Crippen molar-refractivity contribution in [1.29, 1.82) is 0 Å². The van der Waals surface area contributed by atoms with Crippen molar-refractivity contribution in [3.8, 4) is 0 Å². The van der Waals surface area contributed by atoms with E-state index in [4.69, 9.17) is 16.3 Å². The summed E-state index contributed by atoms with van der Waals surface area (Å²) in [7, 11) is 1.59. The van der Waals surface area contributed by atoms with E-state index >= 15 is 0 Å². The van der Waals surface area contributed by atoms with Crippen molar-refractivity contribution in [3.05, 3.63) is 59.1 Å². The molecule has 1 saturated heterocycles. The Kier molecular flexibility index (Phi) is 6.32. The molecule has 0 aliphatic carbocycles. The third kappa shape index (κ3) is 5.21. The molecule has 142 valence electrons. The van der Waals surface area contributed by atoms with Crippen LogP contribution in [0.15, 0.2) is 48.5 Å². The topological polar surface area (TPSA) is 61.9 Å². The minimum atomic E-state index is -0.257. The largest absolute Gasteiger partial charge is 0.378 e. The van der Waals surface area contributed by atoms with E-state index in [1.807, 2.05) is 24.3 Å². The molecule has 6 nitrogen and oxygen atoms in total. The first-order chi connectivity index (χ1) is 13.0. The lowest BCUT2D eigenvalue weighted by Crippen LogP contribution is -2.36. The molecule has 1 fully saturated rings. The number of morpholine rings is 1. The fourth-order valence-electron chi connectivity index (χ4n) is 2.91. The minimum Gasteiger partial charge on any atom is -0.378 e. The second-order valence-electron chi connectivity index (χ2n) is 6.37. The van der Waals surface area contributed by atoms with E-state index in [2.05, 4.69) is 10.2 Å². The molecular formula is C20H22ClN3O3. The molecule has 0 saturated carbocycles. The maximum absolute atomic E-state index is 12.4. The van der Waals surface area contributed by atoms with Gasteiger partial charge in [0.25, 0.3) is 5.91 Å². The highest BCUT2D eigenvalue weighted by molar-refractivity contribution is 6.31. The quantitative estimate of drug-likeness (QED) is 0.856. The lowest BCUT2D eigenvalue weighted by Gasteiger charge is -2.28. The number of hydrogen-bond acceptors (Lipinski definition) is 4. The van der Waals surface area contributed by atoms with E-state index in [1.165, 1.54) is 4.90 Å². The van der Waals surface area contributed by atoms with E-state index in [9.17, 15) is 9.59 Å². The fourth-order valence-corrected chi connectivity index (χ4v) is 3.10. The molecule has 27 heavy (non-hydrogen) atoms. The zero-order chi connectivity index (χ0) is 19.2. The molecule has 0 aromatic heterocycles. The van der Waals surface area contributed by atoms with Gasteiger partial charge in [-0.3, -0.25) is 9.59 Å². The number of nitrogens with one attached hydrogen (secondary N) is 1. The van der Waals surface area contributed by atoms with Gasteiger partial charge in [-0.2, -0.15) is 0 Å².